The van der Waals surface area contributed by atoms with Crippen molar-refractivity contribution in [2.24, 2.45) is 0 Å². The molecule has 0 radical (unpaired) electrons. The van der Waals surface area contributed by atoms with Crippen LogP contribution in [0.15, 0.2) is 72.9 Å². The summed E-state index contributed by atoms with van der Waals surface area (Å²) in [6.07, 6.45) is 1.22. The van der Waals surface area contributed by atoms with Crippen molar-refractivity contribution < 1.29 is 18.0 Å². The Bertz CT molecular complexity index is 1130. The number of carbonyl (C=O) groups excluding carboxylic acids is 1. The van der Waals surface area contributed by atoms with E-state index in [1.807, 2.05) is 43.3 Å². The third-order valence-corrected chi connectivity index (χ3v) is 6.43. The number of rotatable bonds is 6. The number of alkyl halides is 3. The minimum absolute atomic E-state index is 0.0563. The molecule has 1 saturated carbocycles. The Labute approximate surface area is 197 Å². The lowest BCUT2D eigenvalue weighted by atomic mass is 9.78. The van der Waals surface area contributed by atoms with Crippen molar-refractivity contribution in [3.8, 4) is 0 Å². The van der Waals surface area contributed by atoms with Crippen molar-refractivity contribution in [2.45, 2.75) is 56.8 Å². The zero-order chi connectivity index (χ0) is 24.2. The van der Waals surface area contributed by atoms with E-state index in [9.17, 15) is 18.0 Å². The second-order valence-corrected chi connectivity index (χ2v) is 8.90. The van der Waals surface area contributed by atoms with Gasteiger partial charge in [0.05, 0.1) is 11.3 Å². The van der Waals surface area contributed by atoms with Gasteiger partial charge >= 0.3 is 12.2 Å². The molecule has 34 heavy (non-hydrogen) atoms. The van der Waals surface area contributed by atoms with Crippen LogP contribution in [0.1, 0.15) is 53.6 Å². The Morgan fingerprint density at radius 3 is 2.35 bits per heavy atom. The van der Waals surface area contributed by atoms with Crippen LogP contribution in [-0.4, -0.2) is 17.1 Å². The Morgan fingerprint density at radius 1 is 0.971 bits per heavy atom. The van der Waals surface area contributed by atoms with E-state index in [1.54, 1.807) is 18.3 Å². The Balaban J connectivity index is 1.87. The minimum atomic E-state index is -4.51. The van der Waals surface area contributed by atoms with Gasteiger partial charge in [0.25, 0.3) is 0 Å². The van der Waals surface area contributed by atoms with E-state index in [1.165, 1.54) is 6.07 Å². The molecule has 4 nitrogen and oxygen atoms in total. The maximum absolute atomic E-state index is 13.7. The van der Waals surface area contributed by atoms with Gasteiger partial charge in [-0.15, -0.1) is 0 Å². The summed E-state index contributed by atoms with van der Waals surface area (Å²) in [7, 11) is 0. The molecular weight excluding hydrogens is 439 g/mol. The lowest BCUT2D eigenvalue weighted by molar-refractivity contribution is -0.137. The van der Waals surface area contributed by atoms with E-state index in [0.29, 0.717) is 11.3 Å². The molecule has 4 rings (SSSR count). The van der Waals surface area contributed by atoms with Crippen LogP contribution in [-0.2, 0) is 18.1 Å². The molecule has 3 aromatic rings. The summed E-state index contributed by atoms with van der Waals surface area (Å²) in [5.41, 5.74) is 0.405. The van der Waals surface area contributed by atoms with Crippen LogP contribution in [0.25, 0.3) is 0 Å². The number of nitrogens with one attached hydrogen (secondary N) is 2. The zero-order valence-electron chi connectivity index (χ0n) is 19.0. The zero-order valence-corrected chi connectivity index (χ0v) is 19.0. The molecule has 1 atom stereocenters. The molecule has 1 heterocycles. The van der Waals surface area contributed by atoms with Crippen LogP contribution in [0, 0.1) is 6.92 Å². The smallest absolute Gasteiger partial charge is 0.335 e. The van der Waals surface area contributed by atoms with Gasteiger partial charge in [0.1, 0.15) is 5.54 Å². The first-order valence-electron chi connectivity index (χ1n) is 11.5. The molecule has 1 aliphatic carbocycles. The van der Waals surface area contributed by atoms with Gasteiger partial charge in [-0.25, -0.2) is 4.79 Å². The molecule has 0 bridgehead atoms. The molecule has 0 spiro atoms. The molecule has 2 aromatic carbocycles. The fourth-order valence-corrected chi connectivity index (χ4v) is 4.78. The van der Waals surface area contributed by atoms with Crippen LogP contribution in [0.2, 0.25) is 0 Å². The van der Waals surface area contributed by atoms with Crippen LogP contribution >= 0.6 is 0 Å². The summed E-state index contributed by atoms with van der Waals surface area (Å²) in [6.45, 7) is 1.85. The standard InChI is InChI=1S/C27H28F3N3O/c1-19-9-8-16-31-24(19)26(18-20-10-3-2-4-11-20,33-25(34)32-23-14-5-6-15-23)21-12-7-13-22(17-21)27(28,29)30/h2-4,7-13,16-17,23H,5-6,14-15,18H2,1H3,(H2,32,33,34). The summed E-state index contributed by atoms with van der Waals surface area (Å²) in [5.74, 6) is 0. The monoisotopic (exact) mass is 467 g/mol. The maximum Gasteiger partial charge on any atom is 0.416 e. The van der Waals surface area contributed by atoms with Crippen molar-refractivity contribution in [3.05, 3.63) is 101 Å². The predicted molar refractivity (Wildman–Crippen MR) is 125 cm³/mol. The largest absolute Gasteiger partial charge is 0.416 e. The van der Waals surface area contributed by atoms with Crippen molar-refractivity contribution in [2.75, 3.05) is 0 Å². The number of aromatic nitrogens is 1. The number of urea groups is 1. The first-order chi connectivity index (χ1) is 16.3. The Kier molecular flexibility index (Phi) is 6.91. The number of aryl methyl sites for hydroxylation is 1. The highest BCUT2D eigenvalue weighted by Gasteiger charge is 2.41. The second-order valence-electron chi connectivity index (χ2n) is 8.90. The predicted octanol–water partition coefficient (Wildman–Crippen LogP) is 6.14. The molecule has 2 N–H and O–H groups in total. The lowest BCUT2D eigenvalue weighted by Gasteiger charge is -2.37. The molecule has 1 aromatic heterocycles. The molecular formula is C27H28F3N3O. The van der Waals surface area contributed by atoms with E-state index >= 15 is 0 Å². The summed E-state index contributed by atoms with van der Waals surface area (Å²) in [4.78, 5) is 17.8. The lowest BCUT2D eigenvalue weighted by Crippen LogP contribution is -2.54. The van der Waals surface area contributed by atoms with E-state index in [-0.39, 0.29) is 12.5 Å². The van der Waals surface area contributed by atoms with Crippen LogP contribution in [0.4, 0.5) is 18.0 Å². The number of benzene rings is 2. The third kappa shape index (κ3) is 5.24. The van der Waals surface area contributed by atoms with Crippen LogP contribution in [0.5, 0.6) is 0 Å². The maximum atomic E-state index is 13.7. The summed E-state index contributed by atoms with van der Waals surface area (Å²) < 4.78 is 41.0. The third-order valence-electron chi connectivity index (χ3n) is 6.43. The first kappa shape index (κ1) is 23.8. The number of pyridine rings is 1. The van der Waals surface area contributed by atoms with Gasteiger partial charge in [-0.1, -0.05) is 61.4 Å². The molecule has 0 saturated heterocycles. The molecule has 0 aliphatic heterocycles. The number of halogens is 3. The van der Waals surface area contributed by atoms with Gasteiger partial charge in [-0.3, -0.25) is 4.98 Å². The first-order valence-corrected chi connectivity index (χ1v) is 11.5. The van der Waals surface area contributed by atoms with Gasteiger partial charge in [-0.05, 0) is 54.7 Å². The Hall–Kier alpha value is -3.35. The van der Waals surface area contributed by atoms with Crippen molar-refractivity contribution in [1.29, 1.82) is 0 Å². The normalized spacial score (nSPS) is 16.1. The fraction of sp³-hybridized carbons (Fsp3) is 0.333. The summed E-state index contributed by atoms with van der Waals surface area (Å²) >= 11 is 0. The Morgan fingerprint density at radius 2 is 1.68 bits per heavy atom. The minimum Gasteiger partial charge on any atom is -0.335 e. The van der Waals surface area contributed by atoms with E-state index in [4.69, 9.17) is 0 Å². The SMILES string of the molecule is Cc1cccnc1C(Cc1ccccc1)(NC(=O)NC1CCCC1)c1cccc(C(F)(F)F)c1. The molecule has 178 valence electrons. The average Bonchev–Trinajstić information content (AvgIpc) is 3.32. The van der Waals surface area contributed by atoms with E-state index in [0.717, 1.165) is 48.9 Å². The van der Waals surface area contributed by atoms with Crippen molar-refractivity contribution >= 4 is 6.03 Å². The number of nitrogens with zero attached hydrogens (tertiary/aromatic N) is 1. The molecule has 1 unspecified atom stereocenters. The van der Waals surface area contributed by atoms with Gasteiger partial charge in [0, 0.05) is 18.7 Å². The van der Waals surface area contributed by atoms with Gasteiger partial charge < -0.3 is 10.6 Å². The van der Waals surface area contributed by atoms with Gasteiger partial charge in [-0.2, -0.15) is 13.2 Å². The number of hydrogen-bond acceptors (Lipinski definition) is 2. The second kappa shape index (κ2) is 9.87. The number of hydrogen-bond donors (Lipinski definition) is 2. The highest BCUT2D eigenvalue weighted by Crippen LogP contribution is 2.38. The quantitative estimate of drug-likeness (QED) is 0.458. The summed E-state index contributed by atoms with van der Waals surface area (Å²) in [6, 6.07) is 17.9. The van der Waals surface area contributed by atoms with Crippen LogP contribution in [0.3, 0.4) is 0 Å². The number of carbonyl (C=O) groups is 1. The van der Waals surface area contributed by atoms with Gasteiger partial charge in [0.2, 0.25) is 0 Å². The fourth-order valence-electron chi connectivity index (χ4n) is 4.78. The van der Waals surface area contributed by atoms with E-state index in [2.05, 4.69) is 15.6 Å². The molecule has 1 fully saturated rings. The molecule has 7 heteroatoms. The topological polar surface area (TPSA) is 54.0 Å². The van der Waals surface area contributed by atoms with Gasteiger partial charge in [0.15, 0.2) is 0 Å². The highest BCUT2D eigenvalue weighted by molar-refractivity contribution is 5.76. The summed E-state index contributed by atoms with van der Waals surface area (Å²) in [5, 5.41) is 6.10. The molecule has 2 amide bonds. The van der Waals surface area contributed by atoms with Crippen LogP contribution < -0.4 is 10.6 Å². The van der Waals surface area contributed by atoms with E-state index < -0.39 is 23.3 Å². The highest BCUT2D eigenvalue weighted by atomic mass is 19.4. The van der Waals surface area contributed by atoms with Crippen molar-refractivity contribution in [1.82, 2.24) is 15.6 Å². The molecule has 1 aliphatic rings. The van der Waals surface area contributed by atoms with Crippen molar-refractivity contribution in [3.63, 3.8) is 0 Å². The average molecular weight is 468 g/mol. The number of amides is 2.